The lowest BCUT2D eigenvalue weighted by atomic mass is 9.81. The summed E-state index contributed by atoms with van der Waals surface area (Å²) in [5, 5.41) is 20.3. The number of benzene rings is 2. The zero-order chi connectivity index (χ0) is 24.0. The normalized spacial score (nSPS) is 14.5. The van der Waals surface area contributed by atoms with Crippen LogP contribution in [0.25, 0.3) is 5.57 Å². The van der Waals surface area contributed by atoms with Crippen molar-refractivity contribution in [3.05, 3.63) is 87.4 Å². The van der Waals surface area contributed by atoms with E-state index in [2.05, 4.69) is 15.4 Å². The van der Waals surface area contributed by atoms with Gasteiger partial charge in [0.1, 0.15) is 18.3 Å². The Morgan fingerprint density at radius 2 is 1.88 bits per heavy atom. The molecule has 0 aliphatic rings. The smallest absolute Gasteiger partial charge is 0.251 e. The zero-order valence-corrected chi connectivity index (χ0v) is 20.6. The van der Waals surface area contributed by atoms with Crippen LogP contribution in [0.2, 0.25) is 15.1 Å². The Labute approximate surface area is 208 Å². The molecule has 2 aromatic carbocycles. The monoisotopic (exact) mass is 506 g/mol. The first-order valence-corrected chi connectivity index (χ1v) is 11.6. The van der Waals surface area contributed by atoms with Gasteiger partial charge in [-0.3, -0.25) is 4.79 Å². The van der Waals surface area contributed by atoms with Gasteiger partial charge in [0, 0.05) is 38.7 Å². The molecule has 0 aliphatic carbocycles. The molecular formula is C24H25Cl3N4O2. The highest BCUT2D eigenvalue weighted by Gasteiger charge is 2.38. The molecule has 3 aromatic rings. The van der Waals surface area contributed by atoms with Crippen LogP contribution in [0.4, 0.5) is 0 Å². The van der Waals surface area contributed by atoms with E-state index in [1.54, 1.807) is 42.5 Å². The molecule has 2 atom stereocenters. The first-order valence-electron chi connectivity index (χ1n) is 10.5. The molecule has 0 spiro atoms. The number of amides is 1. The second-order valence-electron chi connectivity index (χ2n) is 7.79. The summed E-state index contributed by atoms with van der Waals surface area (Å²) < 4.78 is 1.53. The molecule has 1 heterocycles. The number of nitrogens with one attached hydrogen (secondary N) is 1. The van der Waals surface area contributed by atoms with Crippen LogP contribution in [0.3, 0.4) is 0 Å². The first-order chi connectivity index (χ1) is 15.7. The molecule has 1 amide bonds. The third kappa shape index (κ3) is 6.15. The number of aromatic nitrogens is 3. The fraction of sp³-hybridized carbons (Fsp3) is 0.292. The highest BCUT2D eigenvalue weighted by atomic mass is 35.5. The Hall–Kier alpha value is -2.38. The minimum atomic E-state index is -1.45. The molecule has 0 unspecified atom stereocenters. The summed E-state index contributed by atoms with van der Waals surface area (Å²) in [6, 6.07) is 12.0. The molecule has 0 radical (unpaired) electrons. The van der Waals surface area contributed by atoms with Gasteiger partial charge >= 0.3 is 0 Å². The highest BCUT2D eigenvalue weighted by Crippen LogP contribution is 2.37. The van der Waals surface area contributed by atoms with E-state index in [-0.39, 0.29) is 19.0 Å². The lowest BCUT2D eigenvalue weighted by Crippen LogP contribution is -2.44. The lowest BCUT2D eigenvalue weighted by molar-refractivity contribution is -0.116. The van der Waals surface area contributed by atoms with Crippen LogP contribution in [-0.4, -0.2) is 32.3 Å². The Bertz CT molecular complexity index is 1120. The Balaban J connectivity index is 1.84. The van der Waals surface area contributed by atoms with Crippen molar-refractivity contribution in [2.45, 2.75) is 32.4 Å². The van der Waals surface area contributed by atoms with E-state index < -0.39 is 11.5 Å². The van der Waals surface area contributed by atoms with Crippen LogP contribution >= 0.6 is 34.8 Å². The molecule has 0 saturated carbocycles. The average molecular weight is 508 g/mol. The molecule has 0 bridgehead atoms. The highest BCUT2D eigenvalue weighted by molar-refractivity contribution is 6.35. The van der Waals surface area contributed by atoms with E-state index in [1.165, 1.54) is 17.3 Å². The first kappa shape index (κ1) is 25.2. The predicted octanol–water partition coefficient (Wildman–Crippen LogP) is 5.37. The number of carbonyl (C=O) groups is 1. The maximum atomic E-state index is 13.0. The second kappa shape index (κ2) is 11.2. The largest absolute Gasteiger partial charge is 0.383 e. The van der Waals surface area contributed by atoms with E-state index in [9.17, 15) is 9.90 Å². The van der Waals surface area contributed by atoms with Gasteiger partial charge in [0.15, 0.2) is 0 Å². The van der Waals surface area contributed by atoms with E-state index >= 15 is 0 Å². The van der Waals surface area contributed by atoms with Crippen LogP contribution < -0.4 is 5.32 Å². The third-order valence-electron chi connectivity index (χ3n) is 5.46. The molecule has 33 heavy (non-hydrogen) atoms. The number of carbonyl (C=O) groups excluding carboxylic acids is 1. The fourth-order valence-corrected chi connectivity index (χ4v) is 4.29. The topological polar surface area (TPSA) is 80.0 Å². The summed E-state index contributed by atoms with van der Waals surface area (Å²) in [6.07, 6.45) is 5.46. The number of hydrogen-bond acceptors (Lipinski definition) is 4. The Kier molecular flexibility index (Phi) is 8.54. The van der Waals surface area contributed by atoms with E-state index in [1.807, 2.05) is 19.9 Å². The van der Waals surface area contributed by atoms with Gasteiger partial charge in [0.25, 0.3) is 5.91 Å². The van der Waals surface area contributed by atoms with Gasteiger partial charge in [-0.15, -0.1) is 0 Å². The zero-order valence-electron chi connectivity index (χ0n) is 18.3. The van der Waals surface area contributed by atoms with Crippen LogP contribution in [0, 0.1) is 5.92 Å². The van der Waals surface area contributed by atoms with Crippen molar-refractivity contribution in [2.24, 2.45) is 5.92 Å². The maximum Gasteiger partial charge on any atom is 0.251 e. The number of halogens is 3. The van der Waals surface area contributed by atoms with Gasteiger partial charge in [0.2, 0.25) is 0 Å². The second-order valence-corrected chi connectivity index (χ2v) is 9.07. The van der Waals surface area contributed by atoms with Gasteiger partial charge in [0.05, 0.1) is 6.54 Å². The van der Waals surface area contributed by atoms with Gasteiger partial charge in [-0.05, 0) is 36.2 Å². The minimum absolute atomic E-state index is 0.0975. The third-order valence-corrected chi connectivity index (χ3v) is 6.26. The predicted molar refractivity (Wildman–Crippen MR) is 132 cm³/mol. The van der Waals surface area contributed by atoms with Crippen molar-refractivity contribution in [1.29, 1.82) is 0 Å². The Morgan fingerprint density at radius 3 is 2.48 bits per heavy atom. The summed E-state index contributed by atoms with van der Waals surface area (Å²) in [7, 11) is 0. The quantitative estimate of drug-likeness (QED) is 0.382. The molecule has 3 rings (SSSR count). The van der Waals surface area contributed by atoms with Gasteiger partial charge in [-0.25, -0.2) is 9.67 Å². The maximum absolute atomic E-state index is 13.0. The number of hydrogen-bond donors (Lipinski definition) is 2. The molecule has 6 nitrogen and oxygen atoms in total. The Morgan fingerprint density at radius 1 is 1.18 bits per heavy atom. The SMILES string of the molecule is CC/C=C(/C(=O)NC[C@H](C)[C@](O)(Cn1cncn1)c1ccc(Cl)cc1Cl)c1ccc(Cl)cc1. The van der Waals surface area contributed by atoms with Gasteiger partial charge in [-0.1, -0.05) is 72.9 Å². The van der Waals surface area contributed by atoms with E-state index in [0.717, 1.165) is 5.56 Å². The number of allylic oxidation sites excluding steroid dienone is 1. The fourth-order valence-electron chi connectivity index (χ4n) is 3.59. The standard InChI is InChI=1S/C24H25Cl3N4O2/c1-3-4-20(17-5-7-18(25)8-6-17)23(32)29-12-16(2)24(33,13-31-15-28-14-30-31)21-10-9-19(26)11-22(21)27/h4-11,14-16,33H,3,12-13H2,1-2H3,(H,29,32)/b20-4+/t16-,24+/m0/s1. The molecule has 0 saturated heterocycles. The molecule has 174 valence electrons. The minimum Gasteiger partial charge on any atom is -0.383 e. The van der Waals surface area contributed by atoms with E-state index in [4.69, 9.17) is 34.8 Å². The summed E-state index contributed by atoms with van der Waals surface area (Å²) in [6.45, 7) is 4.09. The molecule has 2 N–H and O–H groups in total. The summed E-state index contributed by atoms with van der Waals surface area (Å²) >= 11 is 18.5. The van der Waals surface area contributed by atoms with Crippen LogP contribution in [0.1, 0.15) is 31.4 Å². The number of rotatable bonds is 9. The van der Waals surface area contributed by atoms with Crippen molar-refractivity contribution >= 4 is 46.3 Å². The van der Waals surface area contributed by atoms with Crippen molar-refractivity contribution in [3.63, 3.8) is 0 Å². The summed E-state index contributed by atoms with van der Waals surface area (Å²) in [5.41, 5.74) is 0.362. The van der Waals surface area contributed by atoms with Crippen LogP contribution in [-0.2, 0) is 16.9 Å². The summed E-state index contributed by atoms with van der Waals surface area (Å²) in [5.74, 6) is -0.672. The number of nitrogens with zero attached hydrogens (tertiary/aromatic N) is 3. The molecule has 9 heteroatoms. The molecular weight excluding hydrogens is 483 g/mol. The van der Waals surface area contributed by atoms with Crippen molar-refractivity contribution in [2.75, 3.05) is 6.54 Å². The average Bonchev–Trinajstić information content (AvgIpc) is 3.29. The van der Waals surface area contributed by atoms with Crippen LogP contribution in [0.15, 0.2) is 61.2 Å². The van der Waals surface area contributed by atoms with Gasteiger partial charge in [-0.2, -0.15) is 5.10 Å². The van der Waals surface area contributed by atoms with E-state index in [0.29, 0.717) is 32.6 Å². The van der Waals surface area contributed by atoms with Crippen LogP contribution in [0.5, 0.6) is 0 Å². The summed E-state index contributed by atoms with van der Waals surface area (Å²) in [4.78, 5) is 17.0. The van der Waals surface area contributed by atoms with Crippen molar-refractivity contribution < 1.29 is 9.90 Å². The lowest BCUT2D eigenvalue weighted by Gasteiger charge is -2.35. The number of aliphatic hydroxyl groups is 1. The molecule has 0 aliphatic heterocycles. The van der Waals surface area contributed by atoms with Gasteiger partial charge < -0.3 is 10.4 Å². The van der Waals surface area contributed by atoms with Crippen molar-refractivity contribution in [1.82, 2.24) is 20.1 Å². The molecule has 1 aromatic heterocycles. The molecule has 0 fully saturated rings. The van der Waals surface area contributed by atoms with Crippen molar-refractivity contribution in [3.8, 4) is 0 Å².